The molecule has 0 amide bonds. The molecule has 0 aliphatic carbocycles. The summed E-state index contributed by atoms with van der Waals surface area (Å²) in [6, 6.07) is 0. The van der Waals surface area contributed by atoms with E-state index in [0.29, 0.717) is 19.3 Å². The Morgan fingerprint density at radius 3 is 0.907 bits per heavy atom. The van der Waals surface area contributed by atoms with Crippen LogP contribution >= 0.6 is 0 Å². The Kier molecular flexibility index (Phi) is 39.8. The average Bonchev–Trinajstić information content (AvgIpc) is 3.14. The van der Waals surface area contributed by atoms with Gasteiger partial charge in [0.1, 0.15) is 13.2 Å². The van der Waals surface area contributed by atoms with Crippen molar-refractivity contribution in [1.29, 1.82) is 0 Å². The van der Waals surface area contributed by atoms with Crippen LogP contribution in [0.3, 0.4) is 0 Å². The number of hydrogen-bond donors (Lipinski definition) is 0. The molecular formula is C48H92O6. The van der Waals surface area contributed by atoms with Crippen LogP contribution in [-0.4, -0.2) is 37.2 Å². The summed E-state index contributed by atoms with van der Waals surface area (Å²) in [5, 5.41) is 0. The quantitative estimate of drug-likeness (QED) is 0.0350. The predicted octanol–water partition coefficient (Wildman–Crippen LogP) is 15.0. The number of carbonyl (C=O) groups excluding carboxylic acids is 3. The van der Waals surface area contributed by atoms with E-state index in [1.54, 1.807) is 0 Å². The van der Waals surface area contributed by atoms with Gasteiger partial charge < -0.3 is 14.2 Å². The van der Waals surface area contributed by atoms with Crippen molar-refractivity contribution in [2.24, 2.45) is 11.8 Å². The zero-order valence-corrected chi connectivity index (χ0v) is 36.8. The van der Waals surface area contributed by atoms with E-state index in [4.69, 9.17) is 14.2 Å². The fraction of sp³-hybridized carbons (Fsp3) is 0.938. The van der Waals surface area contributed by atoms with Gasteiger partial charge in [-0.2, -0.15) is 0 Å². The van der Waals surface area contributed by atoms with E-state index in [2.05, 4.69) is 34.6 Å². The van der Waals surface area contributed by atoms with E-state index in [1.807, 2.05) is 0 Å². The smallest absolute Gasteiger partial charge is 0.306 e. The summed E-state index contributed by atoms with van der Waals surface area (Å²) in [7, 11) is 0. The third-order valence-electron chi connectivity index (χ3n) is 10.7. The molecule has 0 rings (SSSR count). The Bertz CT molecular complexity index is 824. The second-order valence-corrected chi connectivity index (χ2v) is 17.3. The first-order valence-electron chi connectivity index (χ1n) is 23.7. The standard InChI is InChI=1S/C48H92O6/c1-6-7-8-9-10-11-12-13-18-25-30-35-40-48(51)54-45(42-53-47(50)39-34-29-24-20-19-22-27-32-37-44(4)5)41-52-46(49)38-33-28-23-17-15-14-16-21-26-31-36-43(2)3/h43-45H,6-42H2,1-5H3/t45-/m1/s1. The lowest BCUT2D eigenvalue weighted by molar-refractivity contribution is -0.167. The van der Waals surface area contributed by atoms with Crippen LogP contribution in [-0.2, 0) is 28.6 Å². The molecule has 0 bridgehead atoms. The third-order valence-corrected chi connectivity index (χ3v) is 10.7. The molecule has 0 saturated heterocycles. The zero-order chi connectivity index (χ0) is 39.7. The highest BCUT2D eigenvalue weighted by atomic mass is 16.6. The van der Waals surface area contributed by atoms with Gasteiger partial charge in [0.25, 0.3) is 0 Å². The van der Waals surface area contributed by atoms with Crippen molar-refractivity contribution < 1.29 is 28.6 Å². The summed E-state index contributed by atoms with van der Waals surface area (Å²) in [5.41, 5.74) is 0. The largest absolute Gasteiger partial charge is 0.462 e. The van der Waals surface area contributed by atoms with Crippen LogP contribution < -0.4 is 0 Å². The van der Waals surface area contributed by atoms with Gasteiger partial charge in [-0.05, 0) is 31.1 Å². The van der Waals surface area contributed by atoms with Crippen molar-refractivity contribution in [1.82, 2.24) is 0 Å². The summed E-state index contributed by atoms with van der Waals surface area (Å²) in [6.45, 7) is 11.3. The normalized spacial score (nSPS) is 12.1. The molecule has 6 nitrogen and oxygen atoms in total. The molecule has 0 aromatic heterocycles. The maximum atomic E-state index is 12.7. The van der Waals surface area contributed by atoms with Gasteiger partial charge in [0.05, 0.1) is 0 Å². The Hall–Kier alpha value is -1.59. The molecule has 0 spiro atoms. The molecule has 54 heavy (non-hydrogen) atoms. The molecule has 0 saturated carbocycles. The summed E-state index contributed by atoms with van der Waals surface area (Å²) < 4.78 is 16.7. The van der Waals surface area contributed by atoms with Crippen molar-refractivity contribution in [3.8, 4) is 0 Å². The maximum Gasteiger partial charge on any atom is 0.306 e. The second kappa shape index (κ2) is 41.1. The highest BCUT2D eigenvalue weighted by Crippen LogP contribution is 2.17. The van der Waals surface area contributed by atoms with Gasteiger partial charge in [0.15, 0.2) is 6.10 Å². The van der Waals surface area contributed by atoms with Crippen LogP contribution in [0.25, 0.3) is 0 Å². The minimum atomic E-state index is -0.760. The molecule has 0 fully saturated rings. The lowest BCUT2D eigenvalue weighted by Gasteiger charge is -2.18. The minimum Gasteiger partial charge on any atom is -0.462 e. The topological polar surface area (TPSA) is 78.9 Å². The third kappa shape index (κ3) is 41.6. The Morgan fingerprint density at radius 1 is 0.352 bits per heavy atom. The Labute approximate surface area is 336 Å². The molecule has 0 N–H and O–H groups in total. The number of esters is 3. The number of ether oxygens (including phenoxy) is 3. The van der Waals surface area contributed by atoms with Gasteiger partial charge in [-0.3, -0.25) is 14.4 Å². The van der Waals surface area contributed by atoms with Crippen molar-refractivity contribution in [2.75, 3.05) is 13.2 Å². The van der Waals surface area contributed by atoms with Gasteiger partial charge in [-0.25, -0.2) is 0 Å². The SMILES string of the molecule is CCCCCCCCCCCCCCC(=O)O[C@H](COC(=O)CCCCCCCCCCCCC(C)C)COC(=O)CCCCCCCCCCC(C)C. The molecule has 320 valence electrons. The molecular weight excluding hydrogens is 673 g/mol. The van der Waals surface area contributed by atoms with E-state index in [-0.39, 0.29) is 31.1 Å². The van der Waals surface area contributed by atoms with Crippen LogP contribution in [0, 0.1) is 11.8 Å². The molecule has 0 aliphatic rings. The van der Waals surface area contributed by atoms with E-state index >= 15 is 0 Å². The Balaban J connectivity index is 4.33. The molecule has 0 unspecified atom stereocenters. The monoisotopic (exact) mass is 765 g/mol. The van der Waals surface area contributed by atoms with Gasteiger partial charge in [-0.1, -0.05) is 221 Å². The summed E-state index contributed by atoms with van der Waals surface area (Å²) >= 11 is 0. The van der Waals surface area contributed by atoms with E-state index in [1.165, 1.54) is 148 Å². The first kappa shape index (κ1) is 52.4. The number of hydrogen-bond acceptors (Lipinski definition) is 6. The Morgan fingerprint density at radius 2 is 0.611 bits per heavy atom. The van der Waals surface area contributed by atoms with Crippen LogP contribution in [0.15, 0.2) is 0 Å². The van der Waals surface area contributed by atoms with E-state index < -0.39 is 6.10 Å². The summed E-state index contributed by atoms with van der Waals surface area (Å²) in [6.07, 6.45) is 39.4. The molecule has 6 heteroatoms. The highest BCUT2D eigenvalue weighted by molar-refractivity contribution is 5.71. The molecule has 1 atom stereocenters. The van der Waals surface area contributed by atoms with Crippen LogP contribution in [0.2, 0.25) is 0 Å². The number of unbranched alkanes of at least 4 members (excludes halogenated alkanes) is 27. The summed E-state index contributed by atoms with van der Waals surface area (Å²) in [4.78, 5) is 37.8. The highest BCUT2D eigenvalue weighted by Gasteiger charge is 2.19. The predicted molar refractivity (Wildman–Crippen MR) is 229 cm³/mol. The first-order chi connectivity index (χ1) is 26.2. The van der Waals surface area contributed by atoms with E-state index in [9.17, 15) is 14.4 Å². The average molecular weight is 765 g/mol. The molecule has 0 heterocycles. The second-order valence-electron chi connectivity index (χ2n) is 17.3. The van der Waals surface area contributed by atoms with Gasteiger partial charge >= 0.3 is 17.9 Å². The molecule has 0 aromatic rings. The molecule has 0 aliphatic heterocycles. The van der Waals surface area contributed by atoms with E-state index in [0.717, 1.165) is 69.6 Å². The van der Waals surface area contributed by atoms with Crippen LogP contribution in [0.1, 0.15) is 259 Å². The van der Waals surface area contributed by atoms with Gasteiger partial charge in [-0.15, -0.1) is 0 Å². The lowest BCUT2D eigenvalue weighted by atomic mass is 10.0. The number of carbonyl (C=O) groups is 3. The molecule has 0 aromatic carbocycles. The number of rotatable bonds is 42. The van der Waals surface area contributed by atoms with Crippen molar-refractivity contribution in [2.45, 2.75) is 265 Å². The first-order valence-corrected chi connectivity index (χ1v) is 23.7. The van der Waals surface area contributed by atoms with Crippen LogP contribution in [0.4, 0.5) is 0 Å². The van der Waals surface area contributed by atoms with Crippen molar-refractivity contribution >= 4 is 17.9 Å². The van der Waals surface area contributed by atoms with Gasteiger partial charge in [0.2, 0.25) is 0 Å². The lowest BCUT2D eigenvalue weighted by Crippen LogP contribution is -2.30. The maximum absolute atomic E-state index is 12.7. The van der Waals surface area contributed by atoms with Crippen molar-refractivity contribution in [3.05, 3.63) is 0 Å². The fourth-order valence-electron chi connectivity index (χ4n) is 7.11. The summed E-state index contributed by atoms with van der Waals surface area (Å²) in [5.74, 6) is 0.759. The zero-order valence-electron chi connectivity index (χ0n) is 36.8. The van der Waals surface area contributed by atoms with Gasteiger partial charge in [0, 0.05) is 19.3 Å². The molecule has 0 radical (unpaired) electrons. The van der Waals surface area contributed by atoms with Crippen molar-refractivity contribution in [3.63, 3.8) is 0 Å². The minimum absolute atomic E-state index is 0.0648. The van der Waals surface area contributed by atoms with Crippen LogP contribution in [0.5, 0.6) is 0 Å². The fourth-order valence-corrected chi connectivity index (χ4v) is 7.11.